The van der Waals surface area contributed by atoms with Crippen molar-refractivity contribution >= 4 is 29.9 Å². The summed E-state index contributed by atoms with van der Waals surface area (Å²) >= 11 is 5.78. The topological polar surface area (TPSA) is 46.3 Å². The Morgan fingerprint density at radius 1 is 1.45 bits per heavy atom. The molecule has 0 spiro atoms. The van der Waals surface area contributed by atoms with Gasteiger partial charge in [-0.25, -0.2) is 4.39 Å². The molecule has 0 radical (unpaired) electrons. The van der Waals surface area contributed by atoms with Crippen LogP contribution >= 0.6 is 24.0 Å². The molecule has 1 aromatic rings. The Morgan fingerprint density at radius 2 is 2.10 bits per heavy atom. The maximum Gasteiger partial charge on any atom is 0.254 e. The maximum atomic E-state index is 13.3. The van der Waals surface area contributed by atoms with Crippen molar-refractivity contribution in [1.82, 2.24) is 4.90 Å². The molecular weight excluding hydrogens is 302 g/mol. The molecule has 0 bridgehead atoms. The van der Waals surface area contributed by atoms with Crippen LogP contribution in [0.4, 0.5) is 4.39 Å². The zero-order valence-electron chi connectivity index (χ0n) is 11.5. The van der Waals surface area contributed by atoms with Crippen molar-refractivity contribution in [2.24, 2.45) is 11.1 Å². The quantitative estimate of drug-likeness (QED) is 0.864. The number of halogens is 3. The Morgan fingerprint density at radius 3 is 2.65 bits per heavy atom. The fourth-order valence-electron chi connectivity index (χ4n) is 2.41. The van der Waals surface area contributed by atoms with E-state index in [1.54, 1.807) is 4.90 Å². The summed E-state index contributed by atoms with van der Waals surface area (Å²) in [6.07, 6.45) is 0.752. The monoisotopic (exact) mass is 320 g/mol. The van der Waals surface area contributed by atoms with Crippen molar-refractivity contribution < 1.29 is 9.18 Å². The zero-order valence-corrected chi connectivity index (χ0v) is 13.1. The molecule has 1 aromatic carbocycles. The smallest absolute Gasteiger partial charge is 0.254 e. The molecule has 1 heterocycles. The molecule has 1 fully saturated rings. The highest BCUT2D eigenvalue weighted by molar-refractivity contribution is 6.31. The molecule has 0 aromatic heterocycles. The summed E-state index contributed by atoms with van der Waals surface area (Å²) in [4.78, 5) is 14.1. The Balaban J connectivity index is 0.00000200. The molecule has 112 valence electrons. The van der Waals surface area contributed by atoms with Gasteiger partial charge in [0.1, 0.15) is 5.82 Å². The van der Waals surface area contributed by atoms with Gasteiger partial charge in [-0.05, 0) is 30.0 Å². The number of amides is 1. The summed E-state index contributed by atoms with van der Waals surface area (Å²) in [5, 5.41) is 0.233. The van der Waals surface area contributed by atoms with Gasteiger partial charge in [-0.15, -0.1) is 12.4 Å². The van der Waals surface area contributed by atoms with E-state index in [0.717, 1.165) is 6.42 Å². The number of benzene rings is 1. The summed E-state index contributed by atoms with van der Waals surface area (Å²) in [5.41, 5.74) is 6.20. The van der Waals surface area contributed by atoms with Gasteiger partial charge < -0.3 is 10.6 Å². The minimum atomic E-state index is -0.496. The lowest BCUT2D eigenvalue weighted by atomic mass is 9.79. The lowest BCUT2D eigenvalue weighted by Crippen LogP contribution is -2.54. The third-order valence-corrected chi connectivity index (χ3v) is 3.93. The summed E-state index contributed by atoms with van der Waals surface area (Å²) in [5.74, 6) is -0.690. The normalized spacial score (nSPS) is 21.2. The fraction of sp³-hybridized carbons (Fsp3) is 0.500. The Bertz CT molecular complexity index is 488. The highest BCUT2D eigenvalue weighted by Crippen LogP contribution is 2.29. The second-order valence-corrected chi connectivity index (χ2v) is 6.21. The van der Waals surface area contributed by atoms with Crippen LogP contribution in [0.15, 0.2) is 18.2 Å². The van der Waals surface area contributed by atoms with E-state index in [0.29, 0.717) is 13.1 Å². The summed E-state index contributed by atoms with van der Waals surface area (Å²) in [6, 6.07) is 3.98. The highest BCUT2D eigenvalue weighted by atomic mass is 35.5. The number of hydrogen-bond donors (Lipinski definition) is 1. The molecule has 0 saturated carbocycles. The van der Waals surface area contributed by atoms with E-state index in [1.807, 2.05) is 13.8 Å². The predicted octanol–water partition coefficient (Wildman–Crippen LogP) is 3.10. The minimum absolute atomic E-state index is 0. The van der Waals surface area contributed by atoms with Gasteiger partial charge in [-0.3, -0.25) is 4.79 Å². The van der Waals surface area contributed by atoms with Gasteiger partial charge >= 0.3 is 0 Å². The third-order valence-electron chi connectivity index (χ3n) is 3.71. The first-order valence-electron chi connectivity index (χ1n) is 6.30. The molecule has 2 rings (SSSR count). The van der Waals surface area contributed by atoms with Crippen LogP contribution in [-0.2, 0) is 0 Å². The van der Waals surface area contributed by atoms with Crippen molar-refractivity contribution in [2.75, 3.05) is 13.1 Å². The standard InChI is InChI=1S/C14H18ClFN2O.ClH/c1-14(2)8-18(4-3-12(14)17)13(19)9-5-10(15)7-11(16)6-9;/h5-7,12H,3-4,8,17H2,1-2H3;1H. The van der Waals surface area contributed by atoms with Gasteiger partial charge in [0.2, 0.25) is 0 Å². The van der Waals surface area contributed by atoms with Crippen LogP contribution in [-0.4, -0.2) is 29.9 Å². The second kappa shape index (κ2) is 6.29. The number of carbonyl (C=O) groups excluding carboxylic acids is 1. The summed E-state index contributed by atoms with van der Waals surface area (Å²) < 4.78 is 13.3. The van der Waals surface area contributed by atoms with Crippen LogP contribution in [0.25, 0.3) is 0 Å². The summed E-state index contributed by atoms with van der Waals surface area (Å²) in [7, 11) is 0. The van der Waals surface area contributed by atoms with E-state index in [1.165, 1.54) is 18.2 Å². The van der Waals surface area contributed by atoms with Crippen molar-refractivity contribution in [3.05, 3.63) is 34.6 Å². The lowest BCUT2D eigenvalue weighted by molar-refractivity contribution is 0.0532. The van der Waals surface area contributed by atoms with Crippen molar-refractivity contribution in [1.29, 1.82) is 0 Å². The van der Waals surface area contributed by atoms with Gasteiger partial charge in [0.05, 0.1) is 0 Å². The van der Waals surface area contributed by atoms with Gasteiger partial charge in [0, 0.05) is 29.7 Å². The molecule has 6 heteroatoms. The molecule has 20 heavy (non-hydrogen) atoms. The molecule has 0 aliphatic carbocycles. The first kappa shape index (κ1) is 17.2. The van der Waals surface area contributed by atoms with Crippen LogP contribution in [0.3, 0.4) is 0 Å². The van der Waals surface area contributed by atoms with Gasteiger partial charge in [0.15, 0.2) is 0 Å². The Kier molecular flexibility index (Phi) is 5.41. The van der Waals surface area contributed by atoms with E-state index in [9.17, 15) is 9.18 Å². The van der Waals surface area contributed by atoms with Crippen LogP contribution in [0.1, 0.15) is 30.6 Å². The maximum absolute atomic E-state index is 13.3. The molecule has 1 saturated heterocycles. The predicted molar refractivity (Wildman–Crippen MR) is 80.9 cm³/mol. The van der Waals surface area contributed by atoms with E-state index in [2.05, 4.69) is 0 Å². The van der Waals surface area contributed by atoms with Gasteiger partial charge in [-0.1, -0.05) is 25.4 Å². The first-order chi connectivity index (χ1) is 8.79. The number of hydrogen-bond acceptors (Lipinski definition) is 2. The molecule has 1 aliphatic rings. The molecule has 2 N–H and O–H groups in total. The number of carbonyl (C=O) groups is 1. The fourth-order valence-corrected chi connectivity index (χ4v) is 2.63. The van der Waals surface area contributed by atoms with Gasteiger partial charge in [-0.2, -0.15) is 0 Å². The molecule has 1 amide bonds. The van der Waals surface area contributed by atoms with Crippen LogP contribution in [0.5, 0.6) is 0 Å². The molecule has 3 nitrogen and oxygen atoms in total. The average Bonchev–Trinajstić information content (AvgIpc) is 2.30. The first-order valence-corrected chi connectivity index (χ1v) is 6.68. The largest absolute Gasteiger partial charge is 0.338 e. The van der Waals surface area contributed by atoms with Crippen LogP contribution in [0, 0.1) is 11.2 Å². The van der Waals surface area contributed by atoms with E-state index in [4.69, 9.17) is 17.3 Å². The number of rotatable bonds is 1. The highest BCUT2D eigenvalue weighted by Gasteiger charge is 2.35. The molecule has 1 atom stereocenters. The van der Waals surface area contributed by atoms with Crippen LogP contribution in [0.2, 0.25) is 5.02 Å². The molecular formula is C14H19Cl2FN2O. The Labute approximate surface area is 129 Å². The van der Waals surface area contributed by atoms with E-state index < -0.39 is 5.82 Å². The number of nitrogens with two attached hydrogens (primary N) is 1. The minimum Gasteiger partial charge on any atom is -0.338 e. The Hall–Kier alpha value is -0.840. The zero-order chi connectivity index (χ0) is 14.2. The third kappa shape index (κ3) is 3.62. The number of nitrogens with zero attached hydrogens (tertiary/aromatic N) is 1. The van der Waals surface area contributed by atoms with E-state index in [-0.39, 0.29) is 40.4 Å². The van der Waals surface area contributed by atoms with Crippen molar-refractivity contribution in [2.45, 2.75) is 26.3 Å². The average molecular weight is 321 g/mol. The van der Waals surface area contributed by atoms with Crippen molar-refractivity contribution in [3.63, 3.8) is 0 Å². The van der Waals surface area contributed by atoms with Crippen LogP contribution < -0.4 is 5.73 Å². The van der Waals surface area contributed by atoms with Gasteiger partial charge in [0.25, 0.3) is 5.91 Å². The molecule has 1 aliphatic heterocycles. The SMILES string of the molecule is CC1(C)CN(C(=O)c2cc(F)cc(Cl)c2)CCC1N.Cl. The number of likely N-dealkylation sites (tertiary alicyclic amines) is 1. The number of piperidine rings is 1. The lowest BCUT2D eigenvalue weighted by Gasteiger charge is -2.42. The van der Waals surface area contributed by atoms with Crippen molar-refractivity contribution in [3.8, 4) is 0 Å². The second-order valence-electron chi connectivity index (χ2n) is 5.77. The summed E-state index contributed by atoms with van der Waals surface area (Å²) in [6.45, 7) is 5.24. The molecule has 1 unspecified atom stereocenters. The van der Waals surface area contributed by atoms with E-state index >= 15 is 0 Å².